The molecule has 0 bridgehead atoms. The Morgan fingerprint density at radius 1 is 1.10 bits per heavy atom. The van der Waals surface area contributed by atoms with E-state index in [-0.39, 0.29) is 53.9 Å². The van der Waals surface area contributed by atoms with Crippen LogP contribution in [0.15, 0.2) is 42.7 Å². The molecule has 280 valence electrons. The summed E-state index contributed by atoms with van der Waals surface area (Å²) in [5.41, 5.74) is 0.468. The van der Waals surface area contributed by atoms with Crippen LogP contribution in [0.3, 0.4) is 0 Å². The van der Waals surface area contributed by atoms with Gasteiger partial charge >= 0.3 is 12.3 Å². The van der Waals surface area contributed by atoms with E-state index in [0.29, 0.717) is 23.7 Å². The number of benzene rings is 2. The number of ether oxygens (including phenoxy) is 1. The number of rotatable bonds is 7. The molecule has 7 rings (SSSR count). The van der Waals surface area contributed by atoms with Gasteiger partial charge in [-0.1, -0.05) is 19.1 Å². The fraction of sp³-hybridized carbons (Fsp3) is 0.590. The third-order valence-corrected chi connectivity index (χ3v) is 11.6. The van der Waals surface area contributed by atoms with Crippen molar-refractivity contribution in [2.45, 2.75) is 109 Å². The summed E-state index contributed by atoms with van der Waals surface area (Å²) >= 11 is 0. The number of alkyl halides is 3. The molecule has 3 aliphatic heterocycles. The average Bonchev–Trinajstić information content (AvgIpc) is 3.85. The summed E-state index contributed by atoms with van der Waals surface area (Å²) in [4.78, 5) is 34.6. The van der Waals surface area contributed by atoms with Crippen molar-refractivity contribution in [3.63, 3.8) is 0 Å². The first-order valence-electron chi connectivity index (χ1n) is 18.4. The van der Waals surface area contributed by atoms with Crippen LogP contribution >= 0.6 is 0 Å². The number of carbonyl (C=O) groups excluding carboxylic acids is 2. The van der Waals surface area contributed by atoms with Gasteiger partial charge in [-0.15, -0.1) is 10.2 Å². The van der Waals surface area contributed by atoms with Gasteiger partial charge in [-0.05, 0) is 107 Å². The molecule has 52 heavy (non-hydrogen) atoms. The molecule has 0 radical (unpaired) electrons. The van der Waals surface area contributed by atoms with E-state index in [9.17, 15) is 22.8 Å². The summed E-state index contributed by atoms with van der Waals surface area (Å²) in [5.74, 6) is 0.906. The molecule has 4 heterocycles. The Balaban J connectivity index is 1.07. The number of likely N-dealkylation sites (N-methyl/N-ethyl adjacent to an activating group) is 1. The number of fused-ring (bicyclic) bond motifs is 1. The number of carbonyl (C=O) groups is 2. The molecular formula is C39H50F3N7O3. The van der Waals surface area contributed by atoms with Gasteiger partial charge in [-0.25, -0.2) is 4.79 Å². The van der Waals surface area contributed by atoms with E-state index in [0.717, 1.165) is 50.2 Å². The maximum Gasteiger partial charge on any atom is 0.416 e. The van der Waals surface area contributed by atoms with Crippen LogP contribution in [0, 0.1) is 5.92 Å². The van der Waals surface area contributed by atoms with Crippen LogP contribution in [-0.4, -0.2) is 91.9 Å². The number of hydrogen-bond donors (Lipinski definition) is 0. The quantitative estimate of drug-likeness (QED) is 0.271. The first-order valence-corrected chi connectivity index (χ1v) is 18.4. The van der Waals surface area contributed by atoms with Crippen LogP contribution in [0.5, 0.6) is 0 Å². The highest BCUT2D eigenvalue weighted by Gasteiger charge is 2.49. The Morgan fingerprint density at radius 3 is 2.50 bits per heavy atom. The topological polar surface area (TPSA) is 87.0 Å². The molecule has 10 nitrogen and oxygen atoms in total. The number of nitrogens with zero attached hydrogens (tertiary/aromatic N) is 7. The van der Waals surface area contributed by atoms with Crippen LogP contribution in [0.4, 0.5) is 23.7 Å². The highest BCUT2D eigenvalue weighted by molar-refractivity contribution is 6.10. The number of halogens is 3. The van der Waals surface area contributed by atoms with Crippen molar-refractivity contribution in [3.05, 3.63) is 76.4 Å². The summed E-state index contributed by atoms with van der Waals surface area (Å²) < 4.78 is 51.5. The molecule has 2 aromatic carbocycles. The molecule has 3 atom stereocenters. The Bertz CT molecular complexity index is 1850. The monoisotopic (exact) mass is 721 g/mol. The van der Waals surface area contributed by atoms with Crippen molar-refractivity contribution in [3.8, 4) is 0 Å². The van der Waals surface area contributed by atoms with Crippen molar-refractivity contribution >= 4 is 17.7 Å². The molecular weight excluding hydrogens is 671 g/mol. The van der Waals surface area contributed by atoms with Gasteiger partial charge in [0.15, 0.2) is 0 Å². The fourth-order valence-corrected chi connectivity index (χ4v) is 9.10. The molecule has 4 aliphatic rings. The lowest BCUT2D eigenvalue weighted by Crippen LogP contribution is -2.43. The number of hydrogen-bond acceptors (Lipinski definition) is 7. The van der Waals surface area contributed by atoms with Crippen molar-refractivity contribution in [2.24, 2.45) is 13.0 Å². The Kier molecular flexibility index (Phi) is 9.21. The zero-order chi connectivity index (χ0) is 37.3. The van der Waals surface area contributed by atoms with Gasteiger partial charge < -0.3 is 19.1 Å². The van der Waals surface area contributed by atoms with Crippen LogP contribution in [0.1, 0.15) is 98.7 Å². The van der Waals surface area contributed by atoms with Crippen LogP contribution in [0.2, 0.25) is 0 Å². The molecule has 3 aromatic rings. The predicted octanol–water partition coefficient (Wildman–Crippen LogP) is 6.61. The third-order valence-electron chi connectivity index (χ3n) is 11.6. The Labute approximate surface area is 303 Å². The Morgan fingerprint density at radius 2 is 1.85 bits per heavy atom. The number of aryl methyl sites for hydroxylation is 1. The first kappa shape index (κ1) is 36.4. The van der Waals surface area contributed by atoms with Gasteiger partial charge in [0.05, 0.1) is 17.5 Å². The van der Waals surface area contributed by atoms with Crippen LogP contribution in [0.25, 0.3) is 0 Å². The molecule has 0 unspecified atom stereocenters. The van der Waals surface area contributed by atoms with E-state index >= 15 is 0 Å². The molecule has 1 aromatic heterocycles. The number of likely N-dealkylation sites (tertiary alicyclic amines) is 2. The smallest absolute Gasteiger partial charge is 0.416 e. The van der Waals surface area contributed by atoms with Crippen molar-refractivity contribution in [2.75, 3.05) is 31.6 Å². The summed E-state index contributed by atoms with van der Waals surface area (Å²) in [7, 11) is 3.85. The zero-order valence-electron chi connectivity index (χ0n) is 31.2. The van der Waals surface area contributed by atoms with E-state index in [2.05, 4.69) is 26.9 Å². The summed E-state index contributed by atoms with van der Waals surface area (Å²) in [5, 5.41) is 8.53. The summed E-state index contributed by atoms with van der Waals surface area (Å²) in [6, 6.07) is 10.9. The highest BCUT2D eigenvalue weighted by atomic mass is 19.4. The van der Waals surface area contributed by atoms with Gasteiger partial charge in [0, 0.05) is 62.6 Å². The number of amides is 2. The van der Waals surface area contributed by atoms with Crippen LogP contribution in [-0.2, 0) is 36.5 Å². The molecule has 1 aliphatic carbocycles. The lowest BCUT2D eigenvalue weighted by atomic mass is 9.58. The van der Waals surface area contributed by atoms with Gasteiger partial charge in [0.25, 0.3) is 5.91 Å². The molecule has 1 saturated carbocycles. The minimum atomic E-state index is -4.61. The van der Waals surface area contributed by atoms with E-state index in [1.165, 1.54) is 11.0 Å². The maximum absolute atomic E-state index is 14.7. The standard InChI is InChI=1S/C39H50F3N7O3/c1-24-17-38(18-24,35-44-43-23-46(35)7)27-9-8-10-28(16-27)49-22-32-31(34(49)50)14-26(15-33(32)39(40,41)42)19-45(6)29-11-12-47(20-29)30-13-25(2)48(21-30)36(51)52-37(3,4)5/h8-10,14-16,23-25,29-30H,11-13,17-22H2,1-7H3/t24?,25-,29+,30+,38?/m1/s1. The SMILES string of the molecule is CC1CC(c2cccc(N3Cc4c(cc(CN(C)[C@H]5CCN([C@H]6C[C@@H](C)N(C(=O)OC(C)(C)C)C6)C5)cc4C(F)(F)F)C3=O)c2)(c2nncn2C)C1. The molecule has 3 fully saturated rings. The van der Waals surface area contributed by atoms with Crippen LogP contribution < -0.4 is 4.90 Å². The molecule has 0 N–H and O–H groups in total. The van der Waals surface area contributed by atoms with Gasteiger partial charge in [0.1, 0.15) is 17.8 Å². The lowest BCUT2D eigenvalue weighted by Gasteiger charge is -2.46. The zero-order valence-corrected chi connectivity index (χ0v) is 31.2. The normalized spacial score (nSPS) is 26.7. The predicted molar refractivity (Wildman–Crippen MR) is 191 cm³/mol. The second kappa shape index (κ2) is 13.2. The number of aromatic nitrogens is 3. The van der Waals surface area contributed by atoms with Gasteiger partial charge in [0.2, 0.25) is 0 Å². The van der Waals surface area contributed by atoms with E-state index < -0.39 is 23.2 Å². The lowest BCUT2D eigenvalue weighted by molar-refractivity contribution is -0.138. The number of anilines is 1. The first-order chi connectivity index (χ1) is 24.4. The fourth-order valence-electron chi connectivity index (χ4n) is 9.10. The molecule has 2 amide bonds. The largest absolute Gasteiger partial charge is 0.444 e. The molecule has 0 spiro atoms. The minimum absolute atomic E-state index is 0.0199. The minimum Gasteiger partial charge on any atom is -0.444 e. The second-order valence-electron chi connectivity index (χ2n) is 16.7. The van der Waals surface area contributed by atoms with E-state index in [1.54, 1.807) is 23.4 Å². The Hall–Kier alpha value is -3.97. The average molecular weight is 722 g/mol. The van der Waals surface area contributed by atoms with E-state index in [4.69, 9.17) is 4.74 Å². The highest BCUT2D eigenvalue weighted by Crippen LogP contribution is 2.52. The van der Waals surface area contributed by atoms with Gasteiger partial charge in [-0.3, -0.25) is 14.6 Å². The van der Waals surface area contributed by atoms with Crippen molar-refractivity contribution < 1.29 is 27.5 Å². The maximum atomic E-state index is 14.7. The molecule has 13 heteroatoms. The van der Waals surface area contributed by atoms with Crippen molar-refractivity contribution in [1.29, 1.82) is 0 Å². The van der Waals surface area contributed by atoms with E-state index in [1.807, 2.05) is 64.6 Å². The summed E-state index contributed by atoms with van der Waals surface area (Å²) in [6.45, 7) is 12.1. The second-order valence-corrected chi connectivity index (χ2v) is 16.7. The van der Waals surface area contributed by atoms with Crippen molar-refractivity contribution in [1.82, 2.24) is 29.5 Å². The molecule has 2 saturated heterocycles. The van der Waals surface area contributed by atoms with Gasteiger partial charge in [-0.2, -0.15) is 13.2 Å². The third kappa shape index (κ3) is 6.70. The summed E-state index contributed by atoms with van der Waals surface area (Å²) in [6.07, 6.45) is 0.215.